The number of carbonyl (C=O) groups excluding carboxylic acids is 1. The predicted octanol–water partition coefficient (Wildman–Crippen LogP) is 3.20. The Bertz CT molecular complexity index is 933. The molecule has 0 saturated carbocycles. The van der Waals surface area contributed by atoms with Crippen LogP contribution in [0.4, 0.5) is 11.5 Å². The second-order valence-corrected chi connectivity index (χ2v) is 6.73. The monoisotopic (exact) mass is 364 g/mol. The number of benzene rings is 1. The minimum Gasteiger partial charge on any atom is -0.478 e. The number of aromatic carboxylic acids is 1. The molecule has 0 aliphatic carbocycles. The first-order valence-electron chi connectivity index (χ1n) is 8.63. The lowest BCUT2D eigenvalue weighted by atomic mass is 9.82. The molecule has 7 heteroatoms. The van der Waals surface area contributed by atoms with E-state index in [0.29, 0.717) is 17.1 Å². The van der Waals surface area contributed by atoms with Gasteiger partial charge in [-0.25, -0.2) is 9.78 Å². The van der Waals surface area contributed by atoms with E-state index in [1.165, 1.54) is 19.2 Å². The number of nitrogens with one attached hydrogen (secondary N) is 1. The van der Waals surface area contributed by atoms with Gasteiger partial charge in [-0.15, -0.1) is 0 Å². The number of fused-ring (bicyclic) bond motifs is 1. The van der Waals surface area contributed by atoms with Gasteiger partial charge in [-0.05, 0) is 42.8 Å². The van der Waals surface area contributed by atoms with Crippen LogP contribution in [0.15, 0.2) is 36.5 Å². The number of nitriles is 1. The first-order valence-corrected chi connectivity index (χ1v) is 8.63. The summed E-state index contributed by atoms with van der Waals surface area (Å²) >= 11 is 0. The fraction of sp³-hybridized carbons (Fsp3) is 0.300. The van der Waals surface area contributed by atoms with Crippen LogP contribution in [0.25, 0.3) is 0 Å². The van der Waals surface area contributed by atoms with Crippen LogP contribution in [-0.2, 0) is 4.79 Å². The van der Waals surface area contributed by atoms with Gasteiger partial charge in [0.2, 0.25) is 5.91 Å². The zero-order valence-electron chi connectivity index (χ0n) is 15.3. The van der Waals surface area contributed by atoms with Crippen molar-refractivity contribution < 1.29 is 14.7 Å². The van der Waals surface area contributed by atoms with Crippen LogP contribution in [0.2, 0.25) is 0 Å². The zero-order valence-corrected chi connectivity index (χ0v) is 15.3. The number of carboxylic acid groups (broad SMARTS) is 1. The van der Waals surface area contributed by atoms with Gasteiger partial charge in [-0.2, -0.15) is 5.26 Å². The van der Waals surface area contributed by atoms with E-state index in [9.17, 15) is 14.7 Å². The van der Waals surface area contributed by atoms with E-state index in [2.05, 4.69) is 10.3 Å². The highest BCUT2D eigenvalue weighted by Crippen LogP contribution is 2.42. The molecule has 3 rings (SSSR count). The molecule has 1 aliphatic heterocycles. The van der Waals surface area contributed by atoms with Crippen LogP contribution < -0.4 is 10.2 Å². The maximum absolute atomic E-state index is 12.2. The second kappa shape index (κ2) is 7.08. The number of carbonyl (C=O) groups is 2. The molecule has 7 nitrogen and oxygen atoms in total. The molecule has 0 fully saturated rings. The molecule has 3 atom stereocenters. The van der Waals surface area contributed by atoms with Crippen molar-refractivity contribution in [1.29, 1.82) is 5.26 Å². The summed E-state index contributed by atoms with van der Waals surface area (Å²) in [5.41, 5.74) is 2.06. The molecule has 1 aliphatic rings. The Hall–Kier alpha value is -3.40. The third-order valence-electron chi connectivity index (χ3n) is 5.10. The molecule has 0 spiro atoms. The van der Waals surface area contributed by atoms with Gasteiger partial charge in [0.15, 0.2) is 0 Å². The summed E-state index contributed by atoms with van der Waals surface area (Å²) in [6.07, 6.45) is 1.48. The molecular formula is C20H20N4O3. The summed E-state index contributed by atoms with van der Waals surface area (Å²) < 4.78 is 0. The van der Waals surface area contributed by atoms with E-state index in [-0.39, 0.29) is 29.5 Å². The molecule has 1 aromatic heterocycles. The third kappa shape index (κ3) is 3.34. The van der Waals surface area contributed by atoms with Gasteiger partial charge in [-0.1, -0.05) is 6.92 Å². The second-order valence-electron chi connectivity index (χ2n) is 6.73. The van der Waals surface area contributed by atoms with E-state index in [0.717, 1.165) is 5.56 Å². The van der Waals surface area contributed by atoms with Crippen molar-refractivity contribution in [2.75, 3.05) is 10.2 Å². The summed E-state index contributed by atoms with van der Waals surface area (Å²) in [5, 5.41) is 21.6. The Morgan fingerprint density at radius 1 is 1.26 bits per heavy atom. The van der Waals surface area contributed by atoms with Gasteiger partial charge in [0.1, 0.15) is 11.9 Å². The van der Waals surface area contributed by atoms with Crippen molar-refractivity contribution in [2.45, 2.75) is 32.9 Å². The lowest BCUT2D eigenvalue weighted by molar-refractivity contribution is -0.117. The summed E-state index contributed by atoms with van der Waals surface area (Å²) in [4.78, 5) is 29.6. The van der Waals surface area contributed by atoms with Crippen LogP contribution >= 0.6 is 0 Å². The minimum absolute atomic E-state index is 0.00267. The van der Waals surface area contributed by atoms with Gasteiger partial charge >= 0.3 is 5.97 Å². The van der Waals surface area contributed by atoms with Gasteiger partial charge in [0.25, 0.3) is 0 Å². The van der Waals surface area contributed by atoms with Crippen molar-refractivity contribution in [3.8, 4) is 6.07 Å². The predicted molar refractivity (Wildman–Crippen MR) is 101 cm³/mol. The standard InChI is InChI=1S/C20H20N4O3/c1-11-12(2)24(13(3)25)17-6-5-15(20(26)27)8-16(17)19(11)23-18-7-4-14(9-21)10-22-18/h4-8,10-12,19H,1-3H3,(H,22,23)(H,26,27)/t11-,12-,19+/m0/s1. The van der Waals surface area contributed by atoms with E-state index < -0.39 is 5.97 Å². The number of carboxylic acids is 1. The summed E-state index contributed by atoms with van der Waals surface area (Å²) in [5.74, 6) is -0.522. The van der Waals surface area contributed by atoms with Crippen LogP contribution in [-0.4, -0.2) is 28.0 Å². The first kappa shape index (κ1) is 18.4. The third-order valence-corrected chi connectivity index (χ3v) is 5.10. The largest absolute Gasteiger partial charge is 0.478 e. The lowest BCUT2D eigenvalue weighted by Crippen LogP contribution is -2.48. The zero-order chi connectivity index (χ0) is 19.7. The SMILES string of the molecule is CC(=O)N1c2ccc(C(=O)O)cc2[C@H](Nc2ccc(C#N)cn2)[C@@H](C)[C@@H]1C. The molecule has 138 valence electrons. The number of pyridine rings is 1. The van der Waals surface area contributed by atoms with E-state index in [1.54, 1.807) is 29.2 Å². The van der Waals surface area contributed by atoms with Crippen molar-refractivity contribution >= 4 is 23.4 Å². The number of anilines is 2. The van der Waals surface area contributed by atoms with Crippen molar-refractivity contribution in [2.24, 2.45) is 5.92 Å². The Morgan fingerprint density at radius 3 is 2.56 bits per heavy atom. The average molecular weight is 364 g/mol. The van der Waals surface area contributed by atoms with Crippen molar-refractivity contribution in [1.82, 2.24) is 4.98 Å². The van der Waals surface area contributed by atoms with Gasteiger partial charge in [0.05, 0.1) is 17.2 Å². The molecule has 0 saturated heterocycles. The molecule has 0 unspecified atom stereocenters. The Kier molecular flexibility index (Phi) is 4.82. The first-order chi connectivity index (χ1) is 12.8. The Morgan fingerprint density at radius 2 is 2.00 bits per heavy atom. The van der Waals surface area contributed by atoms with Gasteiger partial charge < -0.3 is 15.3 Å². The molecule has 2 aromatic rings. The van der Waals surface area contributed by atoms with E-state index >= 15 is 0 Å². The minimum atomic E-state index is -1.02. The number of hydrogen-bond acceptors (Lipinski definition) is 5. The Labute approximate surface area is 157 Å². The number of nitrogens with zero attached hydrogens (tertiary/aromatic N) is 3. The topological polar surface area (TPSA) is 106 Å². The summed E-state index contributed by atoms with van der Waals surface area (Å²) in [6.45, 7) is 5.49. The molecule has 2 heterocycles. The normalized spacial score (nSPS) is 21.1. The highest BCUT2D eigenvalue weighted by molar-refractivity contribution is 5.95. The molecule has 27 heavy (non-hydrogen) atoms. The molecular weight excluding hydrogens is 344 g/mol. The quantitative estimate of drug-likeness (QED) is 0.866. The summed E-state index contributed by atoms with van der Waals surface area (Å²) in [7, 11) is 0. The van der Waals surface area contributed by atoms with Crippen molar-refractivity contribution in [3.63, 3.8) is 0 Å². The van der Waals surface area contributed by atoms with Crippen LogP contribution in [0.3, 0.4) is 0 Å². The molecule has 0 radical (unpaired) electrons. The van der Waals surface area contributed by atoms with E-state index in [1.807, 2.05) is 19.9 Å². The van der Waals surface area contributed by atoms with Crippen LogP contribution in [0.1, 0.15) is 48.3 Å². The van der Waals surface area contributed by atoms with Gasteiger partial charge in [-0.3, -0.25) is 4.79 Å². The number of amides is 1. The molecule has 1 amide bonds. The van der Waals surface area contributed by atoms with Crippen molar-refractivity contribution in [3.05, 3.63) is 53.2 Å². The maximum atomic E-state index is 12.2. The maximum Gasteiger partial charge on any atom is 0.335 e. The lowest BCUT2D eigenvalue weighted by Gasteiger charge is -2.44. The smallest absolute Gasteiger partial charge is 0.335 e. The fourth-order valence-electron chi connectivity index (χ4n) is 3.54. The fourth-order valence-corrected chi connectivity index (χ4v) is 3.54. The van der Waals surface area contributed by atoms with Crippen LogP contribution in [0, 0.1) is 17.2 Å². The van der Waals surface area contributed by atoms with E-state index in [4.69, 9.17) is 5.26 Å². The molecule has 0 bridgehead atoms. The van der Waals surface area contributed by atoms with Gasteiger partial charge in [0, 0.05) is 30.8 Å². The number of aromatic nitrogens is 1. The Balaban J connectivity index is 2.08. The highest BCUT2D eigenvalue weighted by Gasteiger charge is 2.38. The molecule has 1 aromatic carbocycles. The molecule has 2 N–H and O–H groups in total. The highest BCUT2D eigenvalue weighted by atomic mass is 16.4. The number of hydrogen-bond donors (Lipinski definition) is 2. The van der Waals surface area contributed by atoms with Crippen LogP contribution in [0.5, 0.6) is 0 Å². The average Bonchev–Trinajstić information content (AvgIpc) is 2.65. The summed E-state index contributed by atoms with van der Waals surface area (Å²) in [6, 6.07) is 9.90. The number of rotatable bonds is 3.